The first-order chi connectivity index (χ1) is 7.04. The van der Waals surface area contributed by atoms with Gasteiger partial charge >= 0.3 is 5.97 Å². The Bertz CT molecular complexity index is 223. The summed E-state index contributed by atoms with van der Waals surface area (Å²) in [6.45, 7) is 2.21. The van der Waals surface area contributed by atoms with Crippen LogP contribution in [0.3, 0.4) is 0 Å². The van der Waals surface area contributed by atoms with Crippen LogP contribution in [0.5, 0.6) is 0 Å². The van der Waals surface area contributed by atoms with Gasteiger partial charge in [-0.25, -0.2) is 0 Å². The van der Waals surface area contributed by atoms with Crippen molar-refractivity contribution in [2.45, 2.75) is 44.2 Å². The number of nitrogens with zero attached hydrogens (tertiary/aromatic N) is 1. The van der Waals surface area contributed by atoms with E-state index in [2.05, 4.69) is 4.90 Å². The molecular weight excluding hydrogens is 192 g/mol. The van der Waals surface area contributed by atoms with E-state index in [1.807, 2.05) is 21.0 Å². The summed E-state index contributed by atoms with van der Waals surface area (Å²) >= 11 is 0. The number of likely N-dealkylation sites (N-methyl/N-ethyl adjacent to an activating group) is 1. The summed E-state index contributed by atoms with van der Waals surface area (Å²) < 4.78 is 5.00. The largest absolute Gasteiger partial charge is 0.465 e. The molecule has 0 heterocycles. The molecule has 1 saturated carbocycles. The van der Waals surface area contributed by atoms with E-state index in [9.17, 15) is 4.79 Å². The highest BCUT2D eigenvalue weighted by molar-refractivity contribution is 5.77. The zero-order valence-corrected chi connectivity index (χ0v) is 9.95. The fourth-order valence-corrected chi connectivity index (χ4v) is 2.48. The lowest BCUT2D eigenvalue weighted by Crippen LogP contribution is -2.59. The Morgan fingerprint density at radius 2 is 2.00 bits per heavy atom. The highest BCUT2D eigenvalue weighted by atomic mass is 16.5. The average Bonchev–Trinajstić information content (AvgIpc) is 2.66. The second-order valence-electron chi connectivity index (χ2n) is 4.43. The second-order valence-corrected chi connectivity index (χ2v) is 4.43. The van der Waals surface area contributed by atoms with E-state index in [-0.39, 0.29) is 11.5 Å². The van der Waals surface area contributed by atoms with Crippen LogP contribution in [0.4, 0.5) is 0 Å². The highest BCUT2D eigenvalue weighted by Gasteiger charge is 2.45. The summed E-state index contributed by atoms with van der Waals surface area (Å²) in [6.07, 6.45) is 4.26. The number of nitrogens with two attached hydrogens (primary N) is 1. The van der Waals surface area contributed by atoms with Crippen LogP contribution in [-0.4, -0.2) is 43.2 Å². The first-order valence-corrected chi connectivity index (χ1v) is 5.64. The standard InChI is InChI=1S/C11H22N2O2/c1-4-15-10(14)9(12)11(13(2)3)7-5-6-8-11/h9H,4-8,12H2,1-3H3/t9-/m0/s1. The minimum atomic E-state index is -0.519. The molecule has 0 aromatic heterocycles. The van der Waals surface area contributed by atoms with Crippen LogP contribution in [0.25, 0.3) is 0 Å². The van der Waals surface area contributed by atoms with Crippen molar-refractivity contribution in [1.82, 2.24) is 4.90 Å². The number of rotatable bonds is 4. The smallest absolute Gasteiger partial charge is 0.324 e. The van der Waals surface area contributed by atoms with E-state index in [1.54, 1.807) is 0 Å². The van der Waals surface area contributed by atoms with Gasteiger partial charge in [0.05, 0.1) is 6.61 Å². The van der Waals surface area contributed by atoms with Gasteiger partial charge in [-0.3, -0.25) is 4.79 Å². The molecule has 1 fully saturated rings. The van der Waals surface area contributed by atoms with Crippen molar-refractivity contribution in [3.8, 4) is 0 Å². The van der Waals surface area contributed by atoms with Gasteiger partial charge < -0.3 is 15.4 Å². The Morgan fingerprint density at radius 3 is 2.40 bits per heavy atom. The molecule has 0 amide bonds. The predicted octanol–water partition coefficient (Wildman–Crippen LogP) is 0.751. The molecule has 4 nitrogen and oxygen atoms in total. The lowest BCUT2D eigenvalue weighted by atomic mass is 9.87. The number of hydrogen-bond acceptors (Lipinski definition) is 4. The summed E-state index contributed by atoms with van der Waals surface area (Å²) in [5.74, 6) is -0.270. The molecule has 2 N–H and O–H groups in total. The Balaban J connectivity index is 2.76. The number of carbonyl (C=O) groups excluding carboxylic acids is 1. The molecule has 0 aliphatic heterocycles. The normalized spacial score (nSPS) is 21.7. The van der Waals surface area contributed by atoms with Gasteiger partial charge in [0.2, 0.25) is 0 Å². The van der Waals surface area contributed by atoms with Crippen molar-refractivity contribution in [2.75, 3.05) is 20.7 Å². The molecule has 1 atom stereocenters. The molecule has 15 heavy (non-hydrogen) atoms. The van der Waals surface area contributed by atoms with E-state index in [0.717, 1.165) is 25.7 Å². The first kappa shape index (κ1) is 12.5. The molecule has 0 unspecified atom stereocenters. The first-order valence-electron chi connectivity index (χ1n) is 5.64. The Kier molecular flexibility index (Phi) is 4.11. The lowest BCUT2D eigenvalue weighted by Gasteiger charge is -2.39. The SMILES string of the molecule is CCOC(=O)[C@H](N)C1(N(C)C)CCCC1. The van der Waals surface area contributed by atoms with E-state index < -0.39 is 6.04 Å². The van der Waals surface area contributed by atoms with Gasteiger partial charge in [0.1, 0.15) is 6.04 Å². The molecule has 1 aliphatic rings. The van der Waals surface area contributed by atoms with E-state index in [0.29, 0.717) is 6.61 Å². The Labute approximate surface area is 91.8 Å². The van der Waals surface area contributed by atoms with Crippen LogP contribution in [0.1, 0.15) is 32.6 Å². The zero-order valence-electron chi connectivity index (χ0n) is 9.95. The van der Waals surface area contributed by atoms with Crippen molar-refractivity contribution >= 4 is 5.97 Å². The van der Waals surface area contributed by atoms with Crippen LogP contribution in [0.15, 0.2) is 0 Å². The van der Waals surface area contributed by atoms with Gasteiger partial charge in [0.25, 0.3) is 0 Å². The van der Waals surface area contributed by atoms with Gasteiger partial charge in [-0.2, -0.15) is 0 Å². The van der Waals surface area contributed by atoms with Gasteiger partial charge in [0, 0.05) is 5.54 Å². The summed E-state index contributed by atoms with van der Waals surface area (Å²) in [7, 11) is 3.98. The molecule has 0 aromatic rings. The Hall–Kier alpha value is -0.610. The summed E-state index contributed by atoms with van der Waals surface area (Å²) in [6, 6.07) is -0.519. The summed E-state index contributed by atoms with van der Waals surface area (Å²) in [4.78, 5) is 13.8. The highest BCUT2D eigenvalue weighted by Crippen LogP contribution is 2.36. The quantitative estimate of drug-likeness (QED) is 0.702. The van der Waals surface area contributed by atoms with Crippen LogP contribution >= 0.6 is 0 Å². The zero-order chi connectivity index (χ0) is 11.5. The van der Waals surface area contributed by atoms with Gasteiger partial charge in [-0.15, -0.1) is 0 Å². The van der Waals surface area contributed by atoms with E-state index in [1.165, 1.54) is 0 Å². The number of carbonyl (C=O) groups is 1. The molecule has 0 aromatic carbocycles. The Morgan fingerprint density at radius 1 is 1.47 bits per heavy atom. The number of esters is 1. The molecule has 1 rings (SSSR count). The van der Waals surface area contributed by atoms with Gasteiger partial charge in [-0.05, 0) is 33.9 Å². The maximum Gasteiger partial charge on any atom is 0.324 e. The van der Waals surface area contributed by atoms with Crippen molar-refractivity contribution in [1.29, 1.82) is 0 Å². The van der Waals surface area contributed by atoms with Crippen LogP contribution in [-0.2, 0) is 9.53 Å². The van der Waals surface area contributed by atoms with E-state index in [4.69, 9.17) is 10.5 Å². The molecule has 88 valence electrons. The maximum absolute atomic E-state index is 11.7. The molecule has 0 spiro atoms. The van der Waals surface area contributed by atoms with Crippen molar-refractivity contribution in [3.63, 3.8) is 0 Å². The molecular formula is C11H22N2O2. The topological polar surface area (TPSA) is 55.6 Å². The van der Waals surface area contributed by atoms with Gasteiger partial charge in [0.15, 0.2) is 0 Å². The molecule has 0 radical (unpaired) electrons. The number of hydrogen-bond donors (Lipinski definition) is 1. The third kappa shape index (κ3) is 2.32. The average molecular weight is 214 g/mol. The second kappa shape index (κ2) is 4.94. The monoisotopic (exact) mass is 214 g/mol. The molecule has 0 bridgehead atoms. The maximum atomic E-state index is 11.7. The van der Waals surface area contributed by atoms with E-state index >= 15 is 0 Å². The third-order valence-electron chi connectivity index (χ3n) is 3.48. The summed E-state index contributed by atoms with van der Waals surface area (Å²) in [5.41, 5.74) is 5.84. The molecule has 4 heteroatoms. The molecule has 1 aliphatic carbocycles. The lowest BCUT2D eigenvalue weighted by molar-refractivity contribution is -0.148. The van der Waals surface area contributed by atoms with Crippen molar-refractivity contribution in [2.24, 2.45) is 5.73 Å². The predicted molar refractivity (Wildman–Crippen MR) is 59.5 cm³/mol. The third-order valence-corrected chi connectivity index (χ3v) is 3.48. The van der Waals surface area contributed by atoms with Gasteiger partial charge in [-0.1, -0.05) is 12.8 Å². The molecule has 0 saturated heterocycles. The van der Waals surface area contributed by atoms with Crippen molar-refractivity contribution in [3.05, 3.63) is 0 Å². The minimum absolute atomic E-state index is 0.188. The fraction of sp³-hybridized carbons (Fsp3) is 0.909. The van der Waals surface area contributed by atoms with Crippen LogP contribution in [0.2, 0.25) is 0 Å². The van der Waals surface area contributed by atoms with Crippen LogP contribution in [0, 0.1) is 0 Å². The fourth-order valence-electron chi connectivity index (χ4n) is 2.48. The minimum Gasteiger partial charge on any atom is -0.465 e. The number of ether oxygens (including phenoxy) is 1. The van der Waals surface area contributed by atoms with Crippen molar-refractivity contribution < 1.29 is 9.53 Å². The van der Waals surface area contributed by atoms with Crippen LogP contribution < -0.4 is 5.73 Å². The summed E-state index contributed by atoms with van der Waals surface area (Å²) in [5, 5.41) is 0.